The number of halogens is 3. The molecular weight excluding hydrogens is 134 g/mol. The molecule has 0 aromatic rings. The Balaban J connectivity index is 2.32. The molecule has 0 amide bonds. The molecule has 0 rings (SSSR count). The topological polar surface area (TPSA) is 0 Å². The normalized spacial score (nSPS) is 9.00. The lowest BCUT2D eigenvalue weighted by atomic mass is 27.7. The minimum Gasteiger partial charge on any atom is -0.348 e. The molecule has 0 aromatic carbocycles. The fourth-order valence-corrected chi connectivity index (χ4v) is 0. The molecular formula is Cl3Si-. The first kappa shape index (κ1) is 5.09. The van der Waals surface area contributed by atoms with E-state index in [1.165, 1.54) is 0 Å². The van der Waals surface area contributed by atoms with E-state index in [1.807, 2.05) is 0 Å². The van der Waals surface area contributed by atoms with E-state index in [-0.39, 0.29) is 0 Å². The number of rotatable bonds is 0. The van der Waals surface area contributed by atoms with Gasteiger partial charge in [-0.15, -0.1) is 0 Å². The second-order valence-electron chi connectivity index (χ2n) is 0.214. The SMILES string of the molecule is Cl[Si-](Cl)Cl. The first-order valence-corrected chi connectivity index (χ1v) is 5.10. The van der Waals surface area contributed by atoms with Crippen molar-refractivity contribution in [2.24, 2.45) is 0 Å². The molecule has 0 bridgehead atoms. The summed E-state index contributed by atoms with van der Waals surface area (Å²) in [6, 6.07) is 0. The van der Waals surface area contributed by atoms with Gasteiger partial charge in [-0.25, -0.2) is 0 Å². The van der Waals surface area contributed by atoms with Gasteiger partial charge in [-0.1, -0.05) is 0 Å². The van der Waals surface area contributed by atoms with Crippen molar-refractivity contribution in [3.05, 3.63) is 0 Å². The molecule has 0 spiro atoms. The Kier molecular flexibility index (Phi) is 2.97. The highest BCUT2D eigenvalue weighted by Crippen LogP contribution is 1.97. The van der Waals surface area contributed by atoms with Crippen LogP contribution in [-0.4, -0.2) is 6.73 Å². The zero-order valence-corrected chi connectivity index (χ0v) is 4.90. The van der Waals surface area contributed by atoms with Crippen molar-refractivity contribution in [2.45, 2.75) is 0 Å². The van der Waals surface area contributed by atoms with E-state index in [2.05, 4.69) is 0 Å². The summed E-state index contributed by atoms with van der Waals surface area (Å²) >= 11 is 14.7. The summed E-state index contributed by atoms with van der Waals surface area (Å²) in [5.41, 5.74) is 0. The van der Waals surface area contributed by atoms with Crippen molar-refractivity contribution in [1.29, 1.82) is 0 Å². The van der Waals surface area contributed by atoms with Gasteiger partial charge in [-0.05, 0) is 0 Å². The molecule has 26 valence electrons. The minimum atomic E-state index is -1.46. The third kappa shape index (κ3) is 11.4. The lowest BCUT2D eigenvalue weighted by Gasteiger charge is -1.89. The maximum absolute atomic E-state index is 4.91. The first-order valence-electron chi connectivity index (χ1n) is 0.567. The molecule has 0 atom stereocenters. The third-order valence-electron chi connectivity index (χ3n) is 0. The zero-order valence-electron chi connectivity index (χ0n) is 1.63. The lowest BCUT2D eigenvalue weighted by Crippen LogP contribution is -1.66. The minimum absolute atomic E-state index is 1.46. The van der Waals surface area contributed by atoms with Gasteiger partial charge in [-0.3, -0.25) is 0 Å². The zero-order chi connectivity index (χ0) is 3.58. The van der Waals surface area contributed by atoms with Gasteiger partial charge >= 0.3 is 0 Å². The molecule has 0 aliphatic heterocycles. The molecule has 0 saturated heterocycles. The molecule has 0 aliphatic rings. The van der Waals surface area contributed by atoms with Crippen LogP contribution in [0.15, 0.2) is 0 Å². The average Bonchev–Trinajstić information content (AvgIpc) is 0.811. The molecule has 0 aromatic heterocycles. The summed E-state index contributed by atoms with van der Waals surface area (Å²) in [5, 5.41) is 0. The van der Waals surface area contributed by atoms with E-state index >= 15 is 0 Å². The summed E-state index contributed by atoms with van der Waals surface area (Å²) in [6.07, 6.45) is 0. The Hall–Kier alpha value is 1.09. The summed E-state index contributed by atoms with van der Waals surface area (Å²) < 4.78 is 0. The smallest absolute Gasteiger partial charge is 0.0436 e. The van der Waals surface area contributed by atoms with Gasteiger partial charge in [0.2, 0.25) is 0 Å². The second kappa shape index (κ2) is 2.33. The van der Waals surface area contributed by atoms with Crippen molar-refractivity contribution >= 4 is 40.0 Å². The van der Waals surface area contributed by atoms with Gasteiger partial charge in [-0.2, -0.15) is 0 Å². The predicted octanol–water partition coefficient (Wildman–Crippen LogP) is 1.69. The van der Waals surface area contributed by atoms with Crippen LogP contribution in [-0.2, 0) is 0 Å². The highest BCUT2D eigenvalue weighted by molar-refractivity contribution is 7.54. The molecule has 0 nitrogen and oxygen atoms in total. The van der Waals surface area contributed by atoms with Crippen LogP contribution in [0.4, 0.5) is 0 Å². The molecule has 0 aliphatic carbocycles. The van der Waals surface area contributed by atoms with Gasteiger partial charge < -0.3 is 33.2 Å². The predicted molar refractivity (Wildman–Crippen MR) is 23.3 cm³/mol. The summed E-state index contributed by atoms with van der Waals surface area (Å²) in [5.74, 6) is 0. The van der Waals surface area contributed by atoms with Crippen molar-refractivity contribution in [1.82, 2.24) is 0 Å². The van der Waals surface area contributed by atoms with Gasteiger partial charge in [0.15, 0.2) is 0 Å². The van der Waals surface area contributed by atoms with Crippen LogP contribution < -0.4 is 0 Å². The van der Waals surface area contributed by atoms with Gasteiger partial charge in [0.25, 0.3) is 0 Å². The van der Waals surface area contributed by atoms with Crippen LogP contribution in [0.3, 0.4) is 0 Å². The first-order chi connectivity index (χ1) is 1.73. The van der Waals surface area contributed by atoms with E-state index in [9.17, 15) is 0 Å². The van der Waals surface area contributed by atoms with E-state index in [1.54, 1.807) is 0 Å². The third-order valence-corrected chi connectivity index (χ3v) is 0. The largest absolute Gasteiger partial charge is 0.348 e. The Bertz CT molecular complexity index is 8.00. The van der Waals surface area contributed by atoms with Gasteiger partial charge in [0.05, 0.1) is 0 Å². The molecule has 0 saturated carbocycles. The average molecular weight is 134 g/mol. The maximum atomic E-state index is 4.91. The van der Waals surface area contributed by atoms with E-state index in [0.717, 1.165) is 0 Å². The maximum Gasteiger partial charge on any atom is 0.0436 e. The Morgan fingerprint density at radius 3 is 1.00 bits per heavy atom. The van der Waals surface area contributed by atoms with Crippen molar-refractivity contribution in [2.75, 3.05) is 0 Å². The van der Waals surface area contributed by atoms with Crippen LogP contribution in [0.2, 0.25) is 0 Å². The molecule has 0 unspecified atom stereocenters. The summed E-state index contributed by atoms with van der Waals surface area (Å²) in [6.45, 7) is -1.46. The molecule has 0 N–H and O–H groups in total. The fourth-order valence-electron chi connectivity index (χ4n) is 0. The van der Waals surface area contributed by atoms with E-state index in [4.69, 9.17) is 33.2 Å². The Morgan fingerprint density at radius 1 is 1.00 bits per heavy atom. The molecule has 0 fully saturated rings. The highest BCUT2D eigenvalue weighted by Gasteiger charge is 1.59. The summed E-state index contributed by atoms with van der Waals surface area (Å²) in [4.78, 5) is 0. The Labute approximate surface area is 40.4 Å². The van der Waals surface area contributed by atoms with E-state index in [0.29, 0.717) is 0 Å². The summed E-state index contributed by atoms with van der Waals surface area (Å²) in [7, 11) is 0. The fraction of sp³-hybridized carbons (Fsp3) is 0. The lowest BCUT2D eigenvalue weighted by molar-refractivity contribution is 4.07. The number of hydrogen-bond acceptors (Lipinski definition) is 0. The Morgan fingerprint density at radius 2 is 1.00 bits per heavy atom. The van der Waals surface area contributed by atoms with Crippen molar-refractivity contribution < 1.29 is 0 Å². The van der Waals surface area contributed by atoms with Crippen LogP contribution in [0, 0.1) is 0 Å². The van der Waals surface area contributed by atoms with Crippen LogP contribution in [0.5, 0.6) is 0 Å². The van der Waals surface area contributed by atoms with Gasteiger partial charge in [0, 0.05) is 6.73 Å². The molecule has 0 heterocycles. The van der Waals surface area contributed by atoms with Crippen molar-refractivity contribution in [3.8, 4) is 0 Å². The van der Waals surface area contributed by atoms with Crippen molar-refractivity contribution in [3.63, 3.8) is 0 Å². The molecule has 4 heavy (non-hydrogen) atoms. The van der Waals surface area contributed by atoms with Crippen LogP contribution >= 0.6 is 33.2 Å². The van der Waals surface area contributed by atoms with Crippen LogP contribution in [0.25, 0.3) is 0 Å². The monoisotopic (exact) mass is 133 g/mol. The van der Waals surface area contributed by atoms with E-state index < -0.39 is 6.73 Å². The molecule has 0 radical (unpaired) electrons. The standard InChI is InChI=1S/Cl3Si/c1-4(2)3/q-1. The van der Waals surface area contributed by atoms with Crippen LogP contribution in [0.1, 0.15) is 0 Å². The molecule has 4 heteroatoms. The van der Waals surface area contributed by atoms with Gasteiger partial charge in [0.1, 0.15) is 0 Å². The highest BCUT2D eigenvalue weighted by atomic mass is 35.8. The quantitative estimate of drug-likeness (QED) is 0.349. The second-order valence-corrected chi connectivity index (χ2v) is 5.79. The number of hydrogen-bond donors (Lipinski definition) is 0.